The van der Waals surface area contributed by atoms with Crippen LogP contribution in [0.5, 0.6) is 0 Å². The molecule has 1 atom stereocenters. The minimum absolute atomic E-state index is 0.308. The van der Waals surface area contributed by atoms with Crippen LogP contribution in [0.15, 0.2) is 18.2 Å². The van der Waals surface area contributed by atoms with E-state index in [0.717, 1.165) is 0 Å². The summed E-state index contributed by atoms with van der Waals surface area (Å²) in [7, 11) is 0. The van der Waals surface area contributed by atoms with Crippen molar-refractivity contribution in [1.82, 2.24) is 0 Å². The highest BCUT2D eigenvalue weighted by molar-refractivity contribution is 6.32. The second-order valence-electron chi connectivity index (χ2n) is 2.67. The molecule has 0 saturated carbocycles. The van der Waals surface area contributed by atoms with E-state index in [-0.39, 0.29) is 0 Å². The Morgan fingerprint density at radius 2 is 2.31 bits per heavy atom. The van der Waals surface area contributed by atoms with Gasteiger partial charge in [-0.15, -0.1) is 0 Å². The number of hydrogen-bond acceptors (Lipinski definition) is 1. The third-order valence-corrected chi connectivity index (χ3v) is 2.20. The fraction of sp³-hybridized carbons (Fsp3) is 0.200. The van der Waals surface area contributed by atoms with Crippen LogP contribution in [0.2, 0.25) is 5.02 Å². The fourth-order valence-electron chi connectivity index (χ4n) is 1.03. The van der Waals surface area contributed by atoms with E-state index in [0.29, 0.717) is 16.1 Å². The molecule has 0 heterocycles. The lowest BCUT2D eigenvalue weighted by Gasteiger charge is -2.09. The summed E-state index contributed by atoms with van der Waals surface area (Å²) in [5.41, 5.74) is 0.949. The topological polar surface area (TPSA) is 23.8 Å². The summed E-state index contributed by atoms with van der Waals surface area (Å²) in [5.74, 6) is -0.499. The zero-order valence-corrected chi connectivity index (χ0v) is 7.68. The monoisotopic (exact) mass is 196 g/mol. The van der Waals surface area contributed by atoms with E-state index >= 15 is 0 Å². The Morgan fingerprint density at radius 1 is 1.62 bits per heavy atom. The third kappa shape index (κ3) is 1.99. The summed E-state index contributed by atoms with van der Waals surface area (Å²) in [5, 5.41) is 8.96. The minimum atomic E-state index is -0.575. The smallest absolute Gasteiger partial charge is 0.101 e. The quantitative estimate of drug-likeness (QED) is 0.713. The number of alkyl halides is 1. The van der Waals surface area contributed by atoms with E-state index in [1.165, 1.54) is 0 Å². The second-order valence-corrected chi connectivity index (χ2v) is 3.05. The molecule has 0 amide bonds. The van der Waals surface area contributed by atoms with Crippen molar-refractivity contribution in [2.45, 2.75) is 5.92 Å². The lowest BCUT2D eigenvalue weighted by Crippen LogP contribution is -1.97. The van der Waals surface area contributed by atoms with Crippen LogP contribution in [0.25, 0.3) is 0 Å². The van der Waals surface area contributed by atoms with Gasteiger partial charge in [-0.25, -0.2) is 0 Å². The van der Waals surface area contributed by atoms with E-state index in [4.69, 9.17) is 16.9 Å². The van der Waals surface area contributed by atoms with Gasteiger partial charge in [0.25, 0.3) is 0 Å². The van der Waals surface area contributed by atoms with Crippen molar-refractivity contribution in [3.63, 3.8) is 0 Å². The first-order valence-corrected chi connectivity index (χ1v) is 4.16. The molecule has 0 aliphatic heterocycles. The van der Waals surface area contributed by atoms with Crippen LogP contribution in [-0.2, 0) is 0 Å². The molecule has 0 aromatic heterocycles. The van der Waals surface area contributed by atoms with Gasteiger partial charge in [-0.05, 0) is 18.6 Å². The molecule has 0 fully saturated rings. The molecule has 0 N–H and O–H groups in total. The van der Waals surface area contributed by atoms with E-state index < -0.39 is 12.6 Å². The normalized spacial score (nSPS) is 12.2. The van der Waals surface area contributed by atoms with Crippen LogP contribution < -0.4 is 0 Å². The average Bonchev–Trinajstić information content (AvgIpc) is 2.17. The molecule has 13 heavy (non-hydrogen) atoms. The van der Waals surface area contributed by atoms with E-state index in [2.05, 4.69) is 6.92 Å². The Balaban J connectivity index is 3.17. The Kier molecular flexibility index (Phi) is 3.27. The molecule has 1 radical (unpaired) electrons. The molecule has 1 aromatic carbocycles. The number of nitrogens with zero attached hydrogens (tertiary/aromatic N) is 1. The van der Waals surface area contributed by atoms with Crippen LogP contribution in [0.1, 0.15) is 17.0 Å². The minimum Gasteiger partial charge on any atom is -0.250 e. The van der Waals surface area contributed by atoms with Crippen molar-refractivity contribution in [3.8, 4) is 6.07 Å². The molecular formula is C10H8ClFN. The van der Waals surface area contributed by atoms with Crippen molar-refractivity contribution in [2.24, 2.45) is 0 Å². The standard InChI is InChI=1S/C10H8ClFN/c1-7(5-12)9-4-2-3-8(6-13)10(9)11/h2-4,7H,1,5H2. The SMILES string of the molecule is [CH2]C(CF)c1cccc(C#N)c1Cl. The first-order valence-electron chi connectivity index (χ1n) is 3.78. The maximum Gasteiger partial charge on any atom is 0.101 e. The zero-order valence-electron chi connectivity index (χ0n) is 6.93. The summed E-state index contributed by atoms with van der Waals surface area (Å²) >= 11 is 5.85. The highest BCUT2D eigenvalue weighted by atomic mass is 35.5. The lowest BCUT2D eigenvalue weighted by atomic mass is 10.0. The van der Waals surface area contributed by atoms with Crippen LogP contribution >= 0.6 is 11.6 Å². The second kappa shape index (κ2) is 4.25. The van der Waals surface area contributed by atoms with Gasteiger partial charge in [-0.3, -0.25) is 4.39 Å². The molecule has 0 saturated heterocycles. The number of hydrogen-bond donors (Lipinski definition) is 0. The van der Waals surface area contributed by atoms with Gasteiger partial charge >= 0.3 is 0 Å². The predicted molar refractivity (Wildman–Crippen MR) is 50.2 cm³/mol. The molecule has 0 bridgehead atoms. The van der Waals surface area contributed by atoms with Gasteiger partial charge < -0.3 is 0 Å². The van der Waals surface area contributed by atoms with Crippen LogP contribution in [0, 0.1) is 18.3 Å². The van der Waals surface area contributed by atoms with Crippen LogP contribution in [0.4, 0.5) is 4.39 Å². The van der Waals surface area contributed by atoms with Crippen molar-refractivity contribution >= 4 is 11.6 Å². The summed E-state index contributed by atoms with van der Waals surface area (Å²) in [6, 6.07) is 6.88. The van der Waals surface area contributed by atoms with Gasteiger partial charge in [0.2, 0.25) is 0 Å². The highest BCUT2D eigenvalue weighted by Gasteiger charge is 2.11. The van der Waals surface area contributed by atoms with Gasteiger partial charge in [-0.2, -0.15) is 5.26 Å². The van der Waals surface area contributed by atoms with E-state index in [9.17, 15) is 4.39 Å². The van der Waals surface area contributed by atoms with Crippen molar-refractivity contribution < 1.29 is 4.39 Å². The molecule has 0 aliphatic carbocycles. The van der Waals surface area contributed by atoms with E-state index in [1.807, 2.05) is 6.07 Å². The molecule has 1 unspecified atom stereocenters. The number of benzene rings is 1. The van der Waals surface area contributed by atoms with Gasteiger partial charge in [-0.1, -0.05) is 23.7 Å². The molecular weight excluding hydrogens is 189 g/mol. The van der Waals surface area contributed by atoms with Crippen LogP contribution in [-0.4, -0.2) is 6.67 Å². The fourth-order valence-corrected chi connectivity index (χ4v) is 1.36. The molecule has 1 nitrogen and oxygen atoms in total. The molecule has 0 aliphatic rings. The van der Waals surface area contributed by atoms with E-state index in [1.54, 1.807) is 18.2 Å². The van der Waals surface area contributed by atoms with Gasteiger partial charge in [0.15, 0.2) is 0 Å². The summed E-state index contributed by atoms with van der Waals surface area (Å²) in [6.07, 6.45) is 0. The van der Waals surface area contributed by atoms with Gasteiger partial charge in [0, 0.05) is 5.92 Å². The zero-order chi connectivity index (χ0) is 9.84. The number of rotatable bonds is 2. The summed E-state index contributed by atoms with van der Waals surface area (Å²) < 4.78 is 12.3. The molecule has 3 heteroatoms. The molecule has 1 rings (SSSR count). The van der Waals surface area contributed by atoms with Crippen molar-refractivity contribution in [1.29, 1.82) is 5.26 Å². The van der Waals surface area contributed by atoms with Gasteiger partial charge in [0.05, 0.1) is 17.3 Å². The average molecular weight is 197 g/mol. The first kappa shape index (κ1) is 10.0. The Bertz CT molecular complexity index is 343. The van der Waals surface area contributed by atoms with Crippen molar-refractivity contribution in [3.05, 3.63) is 41.3 Å². The molecule has 1 aromatic rings. The maximum atomic E-state index is 12.3. The Labute approximate surface area is 81.8 Å². The Hall–Kier alpha value is -1.07. The van der Waals surface area contributed by atoms with Gasteiger partial charge in [0.1, 0.15) is 6.07 Å². The Morgan fingerprint density at radius 3 is 2.85 bits per heavy atom. The van der Waals surface area contributed by atoms with Crippen LogP contribution in [0.3, 0.4) is 0 Å². The van der Waals surface area contributed by atoms with Crippen molar-refractivity contribution in [2.75, 3.05) is 6.67 Å². The predicted octanol–water partition coefficient (Wildman–Crippen LogP) is 3.10. The molecule has 0 spiro atoms. The number of halogens is 2. The highest BCUT2D eigenvalue weighted by Crippen LogP contribution is 2.27. The third-order valence-electron chi connectivity index (χ3n) is 1.78. The number of nitriles is 1. The largest absolute Gasteiger partial charge is 0.250 e. The lowest BCUT2D eigenvalue weighted by molar-refractivity contribution is 0.465. The first-order chi connectivity index (χ1) is 6.20. The summed E-state index contributed by atoms with van der Waals surface area (Å²) in [4.78, 5) is 0. The maximum absolute atomic E-state index is 12.3. The molecule has 67 valence electrons. The summed E-state index contributed by atoms with van der Waals surface area (Å²) in [6.45, 7) is 3.02.